The Labute approximate surface area is 227 Å². The van der Waals surface area contributed by atoms with Crippen LogP contribution in [0.1, 0.15) is 73.6 Å². The molecule has 1 aliphatic rings. The van der Waals surface area contributed by atoms with Crippen molar-refractivity contribution in [1.82, 2.24) is 0 Å². The molecule has 13 nitrogen and oxygen atoms in total. The van der Waals surface area contributed by atoms with E-state index in [1.165, 1.54) is 0 Å². The van der Waals surface area contributed by atoms with Crippen LogP contribution in [0, 0.1) is 5.41 Å². The Morgan fingerprint density at radius 3 is 1.41 bits per heavy atom. The van der Waals surface area contributed by atoms with E-state index < -0.39 is 41.5 Å². The average Bonchev–Trinajstić information content (AvgIpc) is 3.18. The zero-order chi connectivity index (χ0) is 30.4. The lowest BCUT2D eigenvalue weighted by atomic mass is 9.88. The van der Waals surface area contributed by atoms with E-state index in [-0.39, 0.29) is 32.7 Å². The highest BCUT2D eigenvalue weighted by Crippen LogP contribution is 2.19. The second kappa shape index (κ2) is 21.9. The molecule has 2 atom stereocenters. The minimum Gasteiger partial charge on any atom is -0.481 e. The number of hydrogen-bond donors (Lipinski definition) is 7. The molecule has 0 spiro atoms. The Bertz CT molecular complexity index is 773. The number of aliphatic hydroxyl groups is 5. The van der Waals surface area contributed by atoms with Gasteiger partial charge in [0.1, 0.15) is 0 Å². The molecule has 0 saturated carbocycles. The smallest absolute Gasteiger partial charge is 0.346 e. The van der Waals surface area contributed by atoms with Gasteiger partial charge in [0.25, 0.3) is 0 Å². The molecule has 0 radical (unpaired) electrons. The third-order valence-electron chi connectivity index (χ3n) is 5.06. The number of hydrogen-bond acceptors (Lipinski definition) is 11. The Morgan fingerprint density at radius 2 is 1.18 bits per heavy atom. The first-order valence-corrected chi connectivity index (χ1v) is 12.3. The van der Waals surface area contributed by atoms with Gasteiger partial charge in [-0.3, -0.25) is 9.59 Å². The van der Waals surface area contributed by atoms with Gasteiger partial charge < -0.3 is 45.2 Å². The van der Waals surface area contributed by atoms with Crippen LogP contribution in [0.4, 0.5) is 0 Å². The summed E-state index contributed by atoms with van der Waals surface area (Å²) in [5.74, 6) is -2.84. The van der Waals surface area contributed by atoms with Crippen molar-refractivity contribution in [2.75, 3.05) is 33.0 Å². The summed E-state index contributed by atoms with van der Waals surface area (Å²) in [4.78, 5) is 41.5. The van der Waals surface area contributed by atoms with E-state index in [0.29, 0.717) is 43.6 Å². The fraction of sp³-hybridized carbons (Fsp3) is 0.615. The number of carbonyl (C=O) groups excluding carboxylic acids is 2. The summed E-state index contributed by atoms with van der Waals surface area (Å²) in [7, 11) is 0. The second-order valence-electron chi connectivity index (χ2n) is 8.78. The lowest BCUT2D eigenvalue weighted by Gasteiger charge is -2.24. The van der Waals surface area contributed by atoms with E-state index in [0.717, 1.165) is 0 Å². The summed E-state index contributed by atoms with van der Waals surface area (Å²) in [6, 6.07) is 6.53. The van der Waals surface area contributed by atoms with Crippen molar-refractivity contribution in [2.45, 2.75) is 65.1 Å². The number of aliphatic hydroxyl groups excluding tert-OH is 5. The lowest BCUT2D eigenvalue weighted by Crippen LogP contribution is -2.32. The first-order chi connectivity index (χ1) is 18.3. The van der Waals surface area contributed by atoms with Crippen LogP contribution >= 0.6 is 0 Å². The topological polar surface area (TPSA) is 228 Å². The third kappa shape index (κ3) is 18.9. The maximum absolute atomic E-state index is 10.8. The largest absolute Gasteiger partial charge is 0.481 e. The molecule has 0 amide bonds. The number of esters is 2. The number of carbonyl (C=O) groups is 4. The van der Waals surface area contributed by atoms with E-state index >= 15 is 0 Å². The molecule has 13 heteroatoms. The minimum absolute atomic E-state index is 0.0628. The van der Waals surface area contributed by atoms with Crippen LogP contribution in [0.25, 0.3) is 0 Å². The van der Waals surface area contributed by atoms with Crippen LogP contribution in [0.3, 0.4) is 0 Å². The summed E-state index contributed by atoms with van der Waals surface area (Å²) in [6.45, 7) is 5.23. The summed E-state index contributed by atoms with van der Waals surface area (Å²) < 4.78 is 9.21. The summed E-state index contributed by atoms with van der Waals surface area (Å²) in [5, 5.41) is 59.5. The molecule has 224 valence electrons. The van der Waals surface area contributed by atoms with Gasteiger partial charge >= 0.3 is 23.9 Å². The maximum atomic E-state index is 10.8. The fourth-order valence-corrected chi connectivity index (χ4v) is 2.48. The lowest BCUT2D eigenvalue weighted by molar-refractivity contribution is -0.139. The molecule has 1 aromatic carbocycles. The van der Waals surface area contributed by atoms with Crippen molar-refractivity contribution in [3.05, 3.63) is 35.4 Å². The SMILES string of the molecule is CC(O)COCC(C)O.CCC(CO)(CO)CO.O=C(O)CCCCC(=O)O.O=C1OC(=O)c2ccccc21. The monoisotopic (exact) mass is 562 g/mol. The van der Waals surface area contributed by atoms with Gasteiger partial charge in [-0.2, -0.15) is 0 Å². The van der Waals surface area contributed by atoms with Gasteiger partial charge in [0.05, 0.1) is 56.4 Å². The van der Waals surface area contributed by atoms with Gasteiger partial charge in [-0.05, 0) is 45.2 Å². The van der Waals surface area contributed by atoms with Gasteiger partial charge in [-0.1, -0.05) is 19.1 Å². The van der Waals surface area contributed by atoms with Crippen molar-refractivity contribution in [3.8, 4) is 0 Å². The molecule has 0 saturated heterocycles. The molecule has 0 fully saturated rings. The molecule has 1 heterocycles. The molecule has 39 heavy (non-hydrogen) atoms. The van der Waals surface area contributed by atoms with Gasteiger partial charge in [0, 0.05) is 18.3 Å². The highest BCUT2D eigenvalue weighted by Gasteiger charge is 2.28. The highest BCUT2D eigenvalue weighted by atomic mass is 16.6. The Hall–Kier alpha value is -2.94. The van der Waals surface area contributed by atoms with E-state index in [1.807, 2.05) is 6.92 Å². The molecule has 1 aromatic rings. The molecule has 7 N–H and O–H groups in total. The van der Waals surface area contributed by atoms with Crippen LogP contribution in [0.2, 0.25) is 0 Å². The van der Waals surface area contributed by atoms with E-state index in [9.17, 15) is 19.2 Å². The van der Waals surface area contributed by atoms with Gasteiger partial charge in [-0.25, -0.2) is 9.59 Å². The number of unbranched alkanes of at least 4 members (excludes halogenated alkanes) is 1. The average molecular weight is 563 g/mol. The summed E-state index contributed by atoms with van der Waals surface area (Å²) in [5.41, 5.74) is 0.0509. The van der Waals surface area contributed by atoms with Gasteiger partial charge in [0.15, 0.2) is 0 Å². The van der Waals surface area contributed by atoms with Crippen LogP contribution in [0.15, 0.2) is 24.3 Å². The van der Waals surface area contributed by atoms with Gasteiger partial charge in [0.2, 0.25) is 0 Å². The third-order valence-corrected chi connectivity index (χ3v) is 5.06. The molecular weight excluding hydrogens is 520 g/mol. The van der Waals surface area contributed by atoms with Crippen LogP contribution in [0.5, 0.6) is 0 Å². The van der Waals surface area contributed by atoms with E-state index in [1.54, 1.807) is 38.1 Å². The van der Waals surface area contributed by atoms with Crippen molar-refractivity contribution in [2.24, 2.45) is 5.41 Å². The predicted molar refractivity (Wildman–Crippen MR) is 138 cm³/mol. The summed E-state index contributed by atoms with van der Waals surface area (Å²) in [6.07, 6.45) is 0.729. The Balaban J connectivity index is 0. The van der Waals surface area contributed by atoms with Crippen molar-refractivity contribution in [1.29, 1.82) is 0 Å². The molecular formula is C26H42O13. The number of benzene rings is 1. The van der Waals surface area contributed by atoms with Gasteiger partial charge in [-0.15, -0.1) is 0 Å². The zero-order valence-corrected chi connectivity index (χ0v) is 22.6. The van der Waals surface area contributed by atoms with Crippen molar-refractivity contribution >= 4 is 23.9 Å². The van der Waals surface area contributed by atoms with Crippen molar-refractivity contribution < 1.29 is 64.4 Å². The highest BCUT2D eigenvalue weighted by molar-refractivity contribution is 6.14. The minimum atomic E-state index is -0.870. The summed E-state index contributed by atoms with van der Waals surface area (Å²) >= 11 is 0. The molecule has 0 aliphatic carbocycles. The normalized spacial score (nSPS) is 13.2. The first-order valence-electron chi connectivity index (χ1n) is 12.3. The number of carboxylic acids is 2. The number of cyclic esters (lactones) is 2. The Kier molecular flexibility index (Phi) is 21.5. The molecule has 2 unspecified atom stereocenters. The zero-order valence-electron chi connectivity index (χ0n) is 22.6. The van der Waals surface area contributed by atoms with Crippen LogP contribution in [-0.2, 0) is 19.1 Å². The van der Waals surface area contributed by atoms with Crippen LogP contribution < -0.4 is 0 Å². The molecule has 0 aromatic heterocycles. The predicted octanol–water partition coefficient (Wildman–Crippen LogP) is 0.838. The van der Waals surface area contributed by atoms with Crippen LogP contribution in [-0.4, -0.2) is 105 Å². The van der Waals surface area contributed by atoms with Crippen molar-refractivity contribution in [3.63, 3.8) is 0 Å². The quantitative estimate of drug-likeness (QED) is 0.100. The molecule has 1 aliphatic heterocycles. The Morgan fingerprint density at radius 1 is 0.821 bits per heavy atom. The van der Waals surface area contributed by atoms with E-state index in [2.05, 4.69) is 4.74 Å². The standard InChI is InChI=1S/C8H4O3.C6H10O4.2C6H14O3/c9-7-5-3-1-2-4-6(5)8(10)11-7;7-5(8)3-1-2-4-6(9)10;1-5(7)3-9-4-6(2)8;1-2-6(3-7,4-8)5-9/h1-4H;1-4H2,(H,7,8)(H,9,10);5-8H,3-4H2,1-2H3;7-9H,2-5H2,1H3. The first kappa shape index (κ1) is 38.2. The van der Waals surface area contributed by atoms with E-state index in [4.69, 9.17) is 40.5 Å². The number of carboxylic acid groups (broad SMARTS) is 2. The molecule has 0 bridgehead atoms. The number of fused-ring (bicyclic) bond motifs is 1. The number of ether oxygens (including phenoxy) is 2. The maximum Gasteiger partial charge on any atom is 0.346 e. The number of rotatable bonds is 13. The fourth-order valence-electron chi connectivity index (χ4n) is 2.48. The second-order valence-corrected chi connectivity index (χ2v) is 8.78. The molecule has 2 rings (SSSR count). The number of aliphatic carboxylic acids is 2.